The number of urea groups is 1. The van der Waals surface area contributed by atoms with Crippen LogP contribution in [0.3, 0.4) is 0 Å². The van der Waals surface area contributed by atoms with Crippen molar-refractivity contribution >= 4 is 23.3 Å². The molecule has 0 atom stereocenters. The zero-order valence-corrected chi connectivity index (χ0v) is 13.7. The van der Waals surface area contributed by atoms with Crippen molar-refractivity contribution in [2.45, 2.75) is 31.7 Å². The van der Waals surface area contributed by atoms with Crippen molar-refractivity contribution in [3.8, 4) is 5.75 Å². The molecule has 7 heteroatoms. The fourth-order valence-electron chi connectivity index (χ4n) is 2.69. The van der Waals surface area contributed by atoms with Crippen LogP contribution in [0.2, 0.25) is 0 Å². The highest BCUT2D eigenvalue weighted by Crippen LogP contribution is 2.37. The molecule has 1 aromatic carbocycles. The van der Waals surface area contributed by atoms with E-state index < -0.39 is 5.54 Å². The van der Waals surface area contributed by atoms with E-state index >= 15 is 0 Å². The summed E-state index contributed by atoms with van der Waals surface area (Å²) in [5, 5.41) is 15.0. The number of rotatable bonds is 5. The lowest BCUT2D eigenvalue weighted by Crippen LogP contribution is -2.57. The van der Waals surface area contributed by atoms with E-state index in [9.17, 15) is 14.7 Å². The Kier molecular flexibility index (Phi) is 5.10. The van der Waals surface area contributed by atoms with Gasteiger partial charge in [0.15, 0.2) is 0 Å². The van der Waals surface area contributed by atoms with E-state index in [1.54, 1.807) is 30.1 Å². The summed E-state index contributed by atoms with van der Waals surface area (Å²) >= 11 is 0. The highest BCUT2D eigenvalue weighted by Gasteiger charge is 2.42. The monoisotopic (exact) mass is 321 g/mol. The first-order valence-corrected chi connectivity index (χ1v) is 7.53. The Morgan fingerprint density at radius 3 is 2.52 bits per heavy atom. The highest BCUT2D eigenvalue weighted by molar-refractivity contribution is 5.94. The second-order valence-electron chi connectivity index (χ2n) is 5.82. The molecule has 0 aliphatic heterocycles. The zero-order chi connectivity index (χ0) is 17.0. The molecule has 0 heterocycles. The van der Waals surface area contributed by atoms with Crippen LogP contribution in [0.25, 0.3) is 0 Å². The van der Waals surface area contributed by atoms with E-state index in [0.29, 0.717) is 17.1 Å². The fraction of sp³-hybridized carbons (Fsp3) is 0.500. The van der Waals surface area contributed by atoms with Crippen molar-refractivity contribution in [3.05, 3.63) is 18.2 Å². The molecule has 126 valence electrons. The third-order valence-electron chi connectivity index (χ3n) is 4.36. The maximum atomic E-state index is 12.5. The van der Waals surface area contributed by atoms with Crippen LogP contribution in [0.1, 0.15) is 26.2 Å². The number of ether oxygens (including phenoxy) is 1. The lowest BCUT2D eigenvalue weighted by molar-refractivity contribution is -0.114. The number of methoxy groups -OCH3 is 1. The predicted molar refractivity (Wildman–Crippen MR) is 87.7 cm³/mol. The highest BCUT2D eigenvalue weighted by atomic mass is 16.5. The molecule has 23 heavy (non-hydrogen) atoms. The summed E-state index contributed by atoms with van der Waals surface area (Å²) in [5.41, 5.74) is 0.548. The first kappa shape index (κ1) is 17.1. The standard InChI is InChI=1S/C16H23N3O4/c1-11(21)17-12-5-6-14(23-3)13(9-12)18-15(22)19(2)16(10-20)7-4-8-16/h5-6,9,20H,4,7-8,10H2,1-3H3,(H,17,21)(H,18,22). The van der Waals surface area contributed by atoms with Crippen LogP contribution in [0, 0.1) is 0 Å². The lowest BCUT2D eigenvalue weighted by Gasteiger charge is -2.47. The number of nitrogens with one attached hydrogen (secondary N) is 2. The minimum Gasteiger partial charge on any atom is -0.495 e. The topological polar surface area (TPSA) is 90.9 Å². The summed E-state index contributed by atoms with van der Waals surface area (Å²) in [6.45, 7) is 1.36. The summed E-state index contributed by atoms with van der Waals surface area (Å²) in [6, 6.07) is 4.68. The van der Waals surface area contributed by atoms with E-state index in [-0.39, 0.29) is 18.5 Å². The number of carbonyl (C=O) groups excluding carboxylic acids is 2. The van der Waals surface area contributed by atoms with Crippen molar-refractivity contribution in [3.63, 3.8) is 0 Å². The normalized spacial score (nSPS) is 15.3. The SMILES string of the molecule is COc1ccc(NC(C)=O)cc1NC(=O)N(C)C1(CO)CCC1. The van der Waals surface area contributed by atoms with Crippen molar-refractivity contribution in [1.29, 1.82) is 0 Å². The molecule has 1 fully saturated rings. The van der Waals surface area contributed by atoms with E-state index in [4.69, 9.17) is 4.74 Å². The number of hydrogen-bond acceptors (Lipinski definition) is 4. The quantitative estimate of drug-likeness (QED) is 0.774. The number of amides is 3. The number of nitrogens with zero attached hydrogens (tertiary/aromatic N) is 1. The number of aliphatic hydroxyl groups excluding tert-OH is 1. The summed E-state index contributed by atoms with van der Waals surface area (Å²) < 4.78 is 5.24. The average molecular weight is 321 g/mol. The molecular weight excluding hydrogens is 298 g/mol. The molecule has 3 amide bonds. The van der Waals surface area contributed by atoms with Gasteiger partial charge in [-0.05, 0) is 37.5 Å². The van der Waals surface area contributed by atoms with Crippen LogP contribution in [-0.2, 0) is 4.79 Å². The summed E-state index contributed by atoms with van der Waals surface area (Å²) in [4.78, 5) is 25.2. The molecule has 1 aromatic rings. The van der Waals surface area contributed by atoms with E-state index in [0.717, 1.165) is 19.3 Å². The van der Waals surface area contributed by atoms with Gasteiger partial charge in [-0.15, -0.1) is 0 Å². The largest absolute Gasteiger partial charge is 0.495 e. The molecule has 1 aliphatic rings. The van der Waals surface area contributed by atoms with E-state index in [2.05, 4.69) is 10.6 Å². The van der Waals surface area contributed by atoms with Gasteiger partial charge in [0.1, 0.15) is 5.75 Å². The Bertz CT molecular complexity index is 593. The van der Waals surface area contributed by atoms with Crippen molar-refractivity contribution in [2.75, 3.05) is 31.4 Å². The van der Waals surface area contributed by atoms with Crippen molar-refractivity contribution in [2.24, 2.45) is 0 Å². The fourth-order valence-corrected chi connectivity index (χ4v) is 2.69. The molecule has 3 N–H and O–H groups in total. The molecule has 2 rings (SSSR count). The average Bonchev–Trinajstić information content (AvgIpc) is 2.46. The molecule has 0 saturated heterocycles. The number of carbonyl (C=O) groups is 2. The zero-order valence-electron chi connectivity index (χ0n) is 13.7. The molecule has 0 bridgehead atoms. The summed E-state index contributed by atoms with van der Waals surface area (Å²) in [7, 11) is 3.18. The van der Waals surface area contributed by atoms with E-state index in [1.807, 2.05) is 0 Å². The van der Waals surface area contributed by atoms with Crippen LogP contribution < -0.4 is 15.4 Å². The second-order valence-corrected chi connectivity index (χ2v) is 5.82. The number of aliphatic hydroxyl groups is 1. The van der Waals surface area contributed by atoms with Crippen molar-refractivity contribution < 1.29 is 19.4 Å². The van der Waals surface area contributed by atoms with Crippen LogP contribution in [0.5, 0.6) is 5.75 Å². The maximum Gasteiger partial charge on any atom is 0.322 e. The number of hydrogen-bond donors (Lipinski definition) is 3. The van der Waals surface area contributed by atoms with Crippen LogP contribution >= 0.6 is 0 Å². The van der Waals surface area contributed by atoms with Gasteiger partial charge in [0.05, 0.1) is 24.9 Å². The van der Waals surface area contributed by atoms with Gasteiger partial charge in [0.25, 0.3) is 0 Å². The van der Waals surface area contributed by atoms with Gasteiger partial charge in [-0.25, -0.2) is 4.79 Å². The Morgan fingerprint density at radius 2 is 2.04 bits per heavy atom. The molecule has 0 aromatic heterocycles. The van der Waals surface area contributed by atoms with Crippen LogP contribution in [-0.4, -0.2) is 48.2 Å². The Morgan fingerprint density at radius 1 is 1.35 bits per heavy atom. The van der Waals surface area contributed by atoms with Gasteiger partial charge < -0.3 is 25.4 Å². The number of benzene rings is 1. The third kappa shape index (κ3) is 3.56. The summed E-state index contributed by atoms with van der Waals surface area (Å²) in [6.07, 6.45) is 2.58. The van der Waals surface area contributed by atoms with E-state index in [1.165, 1.54) is 14.0 Å². The third-order valence-corrected chi connectivity index (χ3v) is 4.36. The predicted octanol–water partition coefficient (Wildman–Crippen LogP) is 2.03. The van der Waals surface area contributed by atoms with Gasteiger partial charge in [0, 0.05) is 19.7 Å². The van der Waals surface area contributed by atoms with Gasteiger partial charge >= 0.3 is 6.03 Å². The Hall–Kier alpha value is -2.28. The maximum absolute atomic E-state index is 12.5. The van der Waals surface area contributed by atoms with Crippen LogP contribution in [0.4, 0.5) is 16.2 Å². The smallest absolute Gasteiger partial charge is 0.322 e. The number of likely N-dealkylation sites (N-methyl/N-ethyl adjacent to an activating group) is 1. The Labute approximate surface area is 135 Å². The second kappa shape index (κ2) is 6.87. The van der Waals surface area contributed by atoms with Crippen LogP contribution in [0.15, 0.2) is 18.2 Å². The molecular formula is C16H23N3O4. The Balaban J connectivity index is 2.17. The first-order chi connectivity index (χ1) is 10.9. The number of anilines is 2. The minimum atomic E-state index is -0.480. The van der Waals surface area contributed by atoms with Gasteiger partial charge in [0.2, 0.25) is 5.91 Å². The van der Waals surface area contributed by atoms with Gasteiger partial charge in [-0.1, -0.05) is 0 Å². The lowest BCUT2D eigenvalue weighted by atomic mass is 9.76. The van der Waals surface area contributed by atoms with Gasteiger partial charge in [-0.3, -0.25) is 4.79 Å². The summed E-state index contributed by atoms with van der Waals surface area (Å²) in [5.74, 6) is 0.297. The molecule has 0 spiro atoms. The first-order valence-electron chi connectivity index (χ1n) is 7.53. The van der Waals surface area contributed by atoms with Crippen molar-refractivity contribution in [1.82, 2.24) is 4.90 Å². The minimum absolute atomic E-state index is 0.0556. The van der Waals surface area contributed by atoms with Gasteiger partial charge in [-0.2, -0.15) is 0 Å². The molecule has 1 saturated carbocycles. The molecule has 0 radical (unpaired) electrons. The molecule has 0 unspecified atom stereocenters. The molecule has 7 nitrogen and oxygen atoms in total. The molecule has 1 aliphatic carbocycles.